The zero-order valence-corrected chi connectivity index (χ0v) is 8.74. The fraction of sp³-hybridized carbons (Fsp3) is 1.00. The number of morpholine rings is 1. The average molecular weight is 201 g/mol. The van der Waals surface area contributed by atoms with Crippen molar-refractivity contribution in [3.05, 3.63) is 0 Å². The normalized spacial score (nSPS) is 28.9. The highest BCUT2D eigenvalue weighted by Gasteiger charge is 2.26. The van der Waals surface area contributed by atoms with Crippen molar-refractivity contribution in [3.63, 3.8) is 0 Å². The molecular formula is C9H21N4O+. The lowest BCUT2D eigenvalue weighted by molar-refractivity contribution is -1.13. The lowest BCUT2D eigenvalue weighted by Crippen LogP contribution is -3.29. The summed E-state index contributed by atoms with van der Waals surface area (Å²) in [5.41, 5.74) is 0. The Hall–Kier alpha value is -0.200. The van der Waals surface area contributed by atoms with Crippen molar-refractivity contribution in [1.82, 2.24) is 10.0 Å². The summed E-state index contributed by atoms with van der Waals surface area (Å²) < 4.78 is 5.31. The molecule has 0 aromatic carbocycles. The SMILES string of the molecule is N[NH+](N1CCCCC1)N1CCOCC1. The zero-order valence-electron chi connectivity index (χ0n) is 8.74. The van der Waals surface area contributed by atoms with Gasteiger partial charge in [-0.3, -0.25) is 0 Å². The number of rotatable bonds is 2. The molecule has 14 heavy (non-hydrogen) atoms. The highest BCUT2D eigenvalue weighted by Crippen LogP contribution is 2.04. The third-order valence-corrected chi connectivity index (χ3v) is 3.02. The first-order valence-corrected chi connectivity index (χ1v) is 5.58. The maximum Gasteiger partial charge on any atom is 0.0751 e. The van der Waals surface area contributed by atoms with Gasteiger partial charge in [-0.2, -0.15) is 0 Å². The smallest absolute Gasteiger partial charge is 0.0751 e. The minimum Gasteiger partial charge on any atom is -0.378 e. The first kappa shape index (κ1) is 10.3. The van der Waals surface area contributed by atoms with Gasteiger partial charge in [0.25, 0.3) is 0 Å². The van der Waals surface area contributed by atoms with Gasteiger partial charge in [-0.25, -0.2) is 0 Å². The predicted molar refractivity (Wildman–Crippen MR) is 53.0 cm³/mol. The minimum atomic E-state index is 0.814. The molecule has 2 fully saturated rings. The van der Waals surface area contributed by atoms with Crippen molar-refractivity contribution >= 4 is 0 Å². The molecule has 0 aliphatic carbocycles. The highest BCUT2D eigenvalue weighted by molar-refractivity contribution is 4.56. The van der Waals surface area contributed by atoms with Crippen molar-refractivity contribution in [1.29, 1.82) is 0 Å². The number of ether oxygens (including phenoxy) is 1. The molecule has 5 heteroatoms. The largest absolute Gasteiger partial charge is 0.378 e. The van der Waals surface area contributed by atoms with Crippen LogP contribution in [0.1, 0.15) is 19.3 Å². The van der Waals surface area contributed by atoms with Gasteiger partial charge in [0, 0.05) is 0 Å². The Labute approximate surface area is 85.3 Å². The van der Waals surface area contributed by atoms with Crippen LogP contribution >= 0.6 is 0 Å². The van der Waals surface area contributed by atoms with Gasteiger partial charge in [-0.15, -0.1) is 21.1 Å². The molecule has 0 aromatic heterocycles. The van der Waals surface area contributed by atoms with Crippen LogP contribution in [0.5, 0.6) is 0 Å². The monoisotopic (exact) mass is 201 g/mol. The summed E-state index contributed by atoms with van der Waals surface area (Å²) in [5.74, 6) is 6.14. The summed E-state index contributed by atoms with van der Waals surface area (Å²) in [6.07, 6.45) is 3.92. The van der Waals surface area contributed by atoms with Gasteiger partial charge in [0.05, 0.1) is 39.4 Å². The molecular weight excluding hydrogens is 180 g/mol. The third-order valence-electron chi connectivity index (χ3n) is 3.02. The Balaban J connectivity index is 1.82. The summed E-state index contributed by atoms with van der Waals surface area (Å²) in [7, 11) is 0. The molecule has 0 radical (unpaired) electrons. The summed E-state index contributed by atoms with van der Waals surface area (Å²) >= 11 is 0. The molecule has 2 rings (SSSR count). The van der Waals surface area contributed by atoms with Crippen LogP contribution in [0.3, 0.4) is 0 Å². The van der Waals surface area contributed by atoms with Crippen molar-refractivity contribution in [3.8, 4) is 0 Å². The molecule has 2 aliphatic rings. The van der Waals surface area contributed by atoms with E-state index >= 15 is 0 Å². The molecule has 0 saturated carbocycles. The van der Waals surface area contributed by atoms with Crippen LogP contribution in [0.25, 0.3) is 0 Å². The van der Waals surface area contributed by atoms with E-state index in [4.69, 9.17) is 10.6 Å². The Morgan fingerprint density at radius 3 is 2.07 bits per heavy atom. The number of hydrogen-bond donors (Lipinski definition) is 2. The van der Waals surface area contributed by atoms with Crippen molar-refractivity contribution in [2.45, 2.75) is 19.3 Å². The quantitative estimate of drug-likeness (QED) is 0.417. The fourth-order valence-electron chi connectivity index (χ4n) is 2.12. The van der Waals surface area contributed by atoms with Crippen molar-refractivity contribution in [2.24, 2.45) is 5.84 Å². The van der Waals surface area contributed by atoms with E-state index in [0.717, 1.165) is 44.6 Å². The number of nitrogens with two attached hydrogens (primary N) is 1. The van der Waals surface area contributed by atoms with Gasteiger partial charge in [0.2, 0.25) is 0 Å². The van der Waals surface area contributed by atoms with Crippen LogP contribution in [0.2, 0.25) is 0 Å². The fourth-order valence-corrected chi connectivity index (χ4v) is 2.12. The van der Waals surface area contributed by atoms with Gasteiger partial charge in [0.1, 0.15) is 0 Å². The topological polar surface area (TPSA) is 46.2 Å². The minimum absolute atomic E-state index is 0.814. The number of quaternary nitrogens is 1. The summed E-state index contributed by atoms with van der Waals surface area (Å²) in [4.78, 5) is 0. The Morgan fingerprint density at radius 1 is 0.857 bits per heavy atom. The van der Waals surface area contributed by atoms with E-state index < -0.39 is 0 Å². The van der Waals surface area contributed by atoms with Gasteiger partial charge in [0.15, 0.2) is 0 Å². The second-order valence-corrected chi connectivity index (χ2v) is 4.01. The molecule has 0 spiro atoms. The summed E-state index contributed by atoms with van der Waals surface area (Å²) in [6, 6.07) is 0. The summed E-state index contributed by atoms with van der Waals surface area (Å²) in [5, 5.41) is 5.52. The molecule has 2 heterocycles. The van der Waals surface area contributed by atoms with Gasteiger partial charge < -0.3 is 4.74 Å². The lowest BCUT2D eigenvalue weighted by Gasteiger charge is -2.37. The van der Waals surface area contributed by atoms with Gasteiger partial charge in [-0.05, 0) is 12.8 Å². The van der Waals surface area contributed by atoms with Gasteiger partial charge >= 0.3 is 0 Å². The molecule has 2 aliphatic heterocycles. The molecule has 3 N–H and O–H groups in total. The molecule has 2 saturated heterocycles. The molecule has 0 bridgehead atoms. The highest BCUT2D eigenvalue weighted by atomic mass is 16.5. The van der Waals surface area contributed by atoms with Crippen LogP contribution in [-0.4, -0.2) is 49.4 Å². The molecule has 82 valence electrons. The van der Waals surface area contributed by atoms with Crippen molar-refractivity contribution in [2.75, 3.05) is 39.4 Å². The Kier molecular flexibility index (Phi) is 3.72. The van der Waals surface area contributed by atoms with Gasteiger partial charge in [-0.1, -0.05) is 6.42 Å². The first-order chi connectivity index (χ1) is 6.88. The first-order valence-electron chi connectivity index (χ1n) is 5.58. The van der Waals surface area contributed by atoms with Crippen LogP contribution in [0.4, 0.5) is 0 Å². The summed E-state index contributed by atoms with van der Waals surface area (Å²) in [6.45, 7) is 5.78. The van der Waals surface area contributed by atoms with E-state index in [1.807, 2.05) is 0 Å². The molecule has 0 aromatic rings. The molecule has 5 nitrogen and oxygen atoms in total. The second-order valence-electron chi connectivity index (χ2n) is 4.01. The standard InChI is InChI=1S/C9H20N4O/c10-13(11-4-2-1-3-5-11)12-6-8-14-9-7-12/h1-10H2/p+1. The molecule has 1 unspecified atom stereocenters. The zero-order chi connectivity index (χ0) is 9.80. The van der Waals surface area contributed by atoms with E-state index in [9.17, 15) is 0 Å². The second kappa shape index (κ2) is 5.04. The van der Waals surface area contributed by atoms with Crippen LogP contribution in [-0.2, 0) is 4.74 Å². The Morgan fingerprint density at radius 2 is 1.43 bits per heavy atom. The van der Waals surface area contributed by atoms with Crippen LogP contribution < -0.4 is 11.1 Å². The molecule has 0 amide bonds. The average Bonchev–Trinajstić information content (AvgIpc) is 2.30. The Bertz CT molecular complexity index is 148. The van der Waals surface area contributed by atoms with Crippen LogP contribution in [0, 0.1) is 0 Å². The van der Waals surface area contributed by atoms with E-state index in [-0.39, 0.29) is 0 Å². The third kappa shape index (κ3) is 2.43. The van der Waals surface area contributed by atoms with Crippen molar-refractivity contribution < 1.29 is 9.96 Å². The van der Waals surface area contributed by atoms with Crippen LogP contribution in [0.15, 0.2) is 0 Å². The number of nitrogens with zero attached hydrogens (tertiary/aromatic N) is 2. The van der Waals surface area contributed by atoms with E-state index in [1.165, 1.54) is 19.3 Å². The maximum atomic E-state index is 6.14. The van der Waals surface area contributed by atoms with E-state index in [1.54, 1.807) is 0 Å². The predicted octanol–water partition coefficient (Wildman–Crippen LogP) is -1.61. The number of piperidine rings is 1. The lowest BCUT2D eigenvalue weighted by atomic mass is 10.2. The van der Waals surface area contributed by atoms with E-state index in [0.29, 0.717) is 0 Å². The van der Waals surface area contributed by atoms with E-state index in [2.05, 4.69) is 10.0 Å². The molecule has 1 atom stereocenters. The number of nitrogens with one attached hydrogen (secondary N) is 1. The number of hydrogen-bond acceptors (Lipinski definition) is 4. The maximum absolute atomic E-state index is 6.14.